The summed E-state index contributed by atoms with van der Waals surface area (Å²) < 4.78 is 24.5. The number of ether oxygens (including phenoxy) is 4. The van der Waals surface area contributed by atoms with E-state index in [0.717, 1.165) is 13.1 Å². The molecule has 2 aliphatic rings. The van der Waals surface area contributed by atoms with E-state index >= 15 is 0 Å². The number of esters is 1. The SMILES string of the molecule is CCC(=O)N1CCN(C[C@H]2[C@H](C)OC(=O)C(C)(C)C(=O)[C@H](C)[C@@H](OC(I)O[C@H](C)C[C@@H](CO)C(C)C)[C@](C)(OC)C[C@@H](C)CN2C)CC1. The lowest BCUT2D eigenvalue weighted by Crippen LogP contribution is -2.56. The Bertz CT molecular complexity index is 1040. The number of halogens is 1. The van der Waals surface area contributed by atoms with Crippen LogP contribution in [0.3, 0.4) is 0 Å². The van der Waals surface area contributed by atoms with Gasteiger partial charge in [0.15, 0.2) is 5.78 Å². The lowest BCUT2D eigenvalue weighted by molar-refractivity contribution is -0.209. The summed E-state index contributed by atoms with van der Waals surface area (Å²) in [6, 6.07) is -0.128. The second-order valence-electron chi connectivity index (χ2n) is 15.5. The van der Waals surface area contributed by atoms with Gasteiger partial charge in [0.05, 0.1) is 23.9 Å². The minimum Gasteiger partial charge on any atom is -0.460 e. The van der Waals surface area contributed by atoms with Gasteiger partial charge in [-0.1, -0.05) is 34.6 Å². The molecule has 1 N–H and O–H groups in total. The summed E-state index contributed by atoms with van der Waals surface area (Å²) in [6.07, 6.45) is 0.391. The van der Waals surface area contributed by atoms with E-state index in [0.29, 0.717) is 51.4 Å². The molecule has 2 aliphatic heterocycles. The molecule has 2 rings (SSSR count). The van der Waals surface area contributed by atoms with E-state index in [-0.39, 0.29) is 42.3 Å². The van der Waals surface area contributed by atoms with Crippen LogP contribution in [-0.4, -0.2) is 132 Å². The highest BCUT2D eigenvalue weighted by Gasteiger charge is 2.50. The van der Waals surface area contributed by atoms with Crippen LogP contribution < -0.4 is 0 Å². The fourth-order valence-electron chi connectivity index (χ4n) is 7.38. The van der Waals surface area contributed by atoms with Crippen molar-refractivity contribution in [3.8, 4) is 0 Å². The Morgan fingerprint density at radius 2 is 1.69 bits per heavy atom. The largest absolute Gasteiger partial charge is 0.460 e. The number of hydrogen-bond acceptors (Lipinski definition) is 10. The number of hydrogen-bond donors (Lipinski definition) is 1. The third kappa shape index (κ3) is 11.6. The van der Waals surface area contributed by atoms with Gasteiger partial charge in [0.25, 0.3) is 0 Å². The number of carbonyl (C=O) groups excluding carboxylic acids is 3. The molecule has 0 aromatic carbocycles. The summed E-state index contributed by atoms with van der Waals surface area (Å²) >= 11 is 2.10. The molecule has 0 aromatic heterocycles. The zero-order valence-corrected chi connectivity index (χ0v) is 33.9. The molecular weight excluding hydrogens is 729 g/mol. The number of nitrogens with zero attached hydrogens (tertiary/aromatic N) is 3. The third-order valence-corrected chi connectivity index (χ3v) is 11.3. The van der Waals surface area contributed by atoms with Crippen molar-refractivity contribution in [2.24, 2.45) is 29.1 Å². The summed E-state index contributed by atoms with van der Waals surface area (Å²) in [6.45, 7) is 23.5. The molecule has 0 aliphatic carbocycles. The number of carbonyl (C=O) groups is 3. The first-order valence-electron chi connectivity index (χ1n) is 17.9. The molecular formula is C36H66IN3O8. The van der Waals surface area contributed by atoms with Crippen LogP contribution in [-0.2, 0) is 33.3 Å². The zero-order chi connectivity index (χ0) is 36.6. The monoisotopic (exact) mass is 795 g/mol. The maximum Gasteiger partial charge on any atom is 0.319 e. The highest BCUT2D eigenvalue weighted by molar-refractivity contribution is 14.1. The lowest BCUT2D eigenvalue weighted by atomic mass is 9.74. The van der Waals surface area contributed by atoms with Gasteiger partial charge in [-0.25, -0.2) is 0 Å². The van der Waals surface area contributed by atoms with E-state index in [1.54, 1.807) is 27.9 Å². The number of aliphatic hydroxyl groups is 1. The summed E-state index contributed by atoms with van der Waals surface area (Å²) in [5.41, 5.74) is -2.31. The maximum atomic E-state index is 14.3. The van der Waals surface area contributed by atoms with Crippen molar-refractivity contribution >= 4 is 40.3 Å². The van der Waals surface area contributed by atoms with Crippen molar-refractivity contribution in [2.45, 2.75) is 123 Å². The molecule has 11 nitrogen and oxygen atoms in total. The first-order valence-corrected chi connectivity index (χ1v) is 19.1. The lowest BCUT2D eigenvalue weighted by Gasteiger charge is -2.43. The molecule has 0 radical (unpaired) electrons. The van der Waals surface area contributed by atoms with Crippen LogP contribution >= 0.6 is 22.6 Å². The predicted octanol–water partition coefficient (Wildman–Crippen LogP) is 4.61. The topological polar surface area (TPSA) is 118 Å². The van der Waals surface area contributed by atoms with Crippen molar-refractivity contribution < 1.29 is 38.4 Å². The standard InChI is InChI=1S/C36H66IN3O8/c1-13-30(42)40-16-14-39(15-17-40)21-29-27(7)47-33(44)35(8,9)31(43)26(6)32(36(10,45-12)19-24(4)20-38(29)11)48-34(37)46-25(5)18-28(22-41)23(2)3/h23-29,32,34,41H,13-22H2,1-12H3/t24-,25-,26+,27+,28+,29+,32-,34?,36-/m1/s1. The molecule has 48 heavy (non-hydrogen) atoms. The van der Waals surface area contributed by atoms with Crippen LogP contribution in [0.25, 0.3) is 0 Å². The fourth-order valence-corrected chi connectivity index (χ4v) is 8.19. The Balaban J connectivity index is 2.38. The number of amides is 1. The van der Waals surface area contributed by atoms with Crippen molar-refractivity contribution in [1.82, 2.24) is 14.7 Å². The number of piperazine rings is 1. The Labute approximate surface area is 304 Å². The third-order valence-electron chi connectivity index (χ3n) is 10.7. The molecule has 0 saturated carbocycles. The molecule has 0 aromatic rings. The predicted molar refractivity (Wildman–Crippen MR) is 196 cm³/mol. The number of Topliss-reactive ketones (excluding diaryl/α,β-unsaturated/α-hetero) is 1. The number of alkyl halides is 1. The van der Waals surface area contributed by atoms with Crippen LogP contribution in [0.15, 0.2) is 0 Å². The van der Waals surface area contributed by atoms with Gasteiger partial charge in [0.1, 0.15) is 11.5 Å². The van der Waals surface area contributed by atoms with Gasteiger partial charge in [0.2, 0.25) is 10.2 Å². The number of rotatable bonds is 12. The Morgan fingerprint density at radius 3 is 2.21 bits per heavy atom. The maximum absolute atomic E-state index is 14.3. The minimum atomic E-state index is -1.43. The molecule has 1 amide bonds. The summed E-state index contributed by atoms with van der Waals surface area (Å²) in [5.74, 6) is -0.837. The molecule has 1 unspecified atom stereocenters. The van der Waals surface area contributed by atoms with E-state index in [1.807, 2.05) is 32.6 Å². The highest BCUT2D eigenvalue weighted by atomic mass is 127. The van der Waals surface area contributed by atoms with E-state index < -0.39 is 39.4 Å². The van der Waals surface area contributed by atoms with E-state index in [9.17, 15) is 19.5 Å². The molecule has 280 valence electrons. The van der Waals surface area contributed by atoms with E-state index in [2.05, 4.69) is 60.2 Å². The van der Waals surface area contributed by atoms with Crippen molar-refractivity contribution in [2.75, 3.05) is 60.0 Å². The number of ketones is 1. The summed E-state index contributed by atoms with van der Waals surface area (Å²) in [5, 5.41) is 9.84. The number of cyclic esters (lactones) is 1. The Hall–Kier alpha value is -0.900. The first kappa shape index (κ1) is 43.3. The van der Waals surface area contributed by atoms with Crippen molar-refractivity contribution in [3.63, 3.8) is 0 Å². The quantitative estimate of drug-likeness (QED) is 0.0988. The minimum absolute atomic E-state index is 0.0850. The molecule has 2 heterocycles. The zero-order valence-electron chi connectivity index (χ0n) is 31.8. The summed E-state index contributed by atoms with van der Waals surface area (Å²) in [7, 11) is 3.71. The second kappa shape index (κ2) is 19.1. The smallest absolute Gasteiger partial charge is 0.319 e. The van der Waals surface area contributed by atoms with Crippen molar-refractivity contribution in [3.05, 3.63) is 0 Å². The fraction of sp³-hybridized carbons (Fsp3) is 0.917. The van der Waals surface area contributed by atoms with Gasteiger partial charge in [-0.3, -0.25) is 24.2 Å². The number of likely N-dealkylation sites (N-methyl/N-ethyl adjacent to an activating group) is 1. The average Bonchev–Trinajstić information content (AvgIpc) is 3.03. The van der Waals surface area contributed by atoms with Gasteiger partial charge in [0, 0.05) is 65.3 Å². The Kier molecular flexibility index (Phi) is 17.2. The second-order valence-corrected chi connectivity index (χ2v) is 16.5. The van der Waals surface area contributed by atoms with Gasteiger partial charge in [-0.15, -0.1) is 0 Å². The molecule has 0 spiro atoms. The van der Waals surface area contributed by atoms with Gasteiger partial charge >= 0.3 is 5.97 Å². The average molecular weight is 796 g/mol. The van der Waals surface area contributed by atoms with Crippen LogP contribution in [0.4, 0.5) is 0 Å². The summed E-state index contributed by atoms with van der Waals surface area (Å²) in [4.78, 5) is 46.8. The number of aliphatic hydroxyl groups excluding tert-OH is 1. The Morgan fingerprint density at radius 1 is 1.08 bits per heavy atom. The molecule has 2 saturated heterocycles. The van der Waals surface area contributed by atoms with Crippen LogP contribution in [0.5, 0.6) is 0 Å². The molecule has 2 fully saturated rings. The van der Waals surface area contributed by atoms with Crippen LogP contribution in [0.1, 0.15) is 88.5 Å². The normalized spacial score (nSPS) is 32.1. The number of methoxy groups -OCH3 is 1. The molecule has 12 heteroatoms. The van der Waals surface area contributed by atoms with Gasteiger partial charge in [-0.2, -0.15) is 0 Å². The van der Waals surface area contributed by atoms with Crippen molar-refractivity contribution in [1.29, 1.82) is 0 Å². The van der Waals surface area contributed by atoms with Gasteiger partial charge in [-0.05, 0) is 94.9 Å². The molecule has 9 atom stereocenters. The van der Waals surface area contributed by atoms with E-state index in [4.69, 9.17) is 18.9 Å². The van der Waals surface area contributed by atoms with Crippen LogP contribution in [0, 0.1) is 29.1 Å². The highest BCUT2D eigenvalue weighted by Crippen LogP contribution is 2.38. The van der Waals surface area contributed by atoms with Gasteiger partial charge < -0.3 is 29.0 Å². The molecule has 0 bridgehead atoms. The van der Waals surface area contributed by atoms with Crippen LogP contribution in [0.2, 0.25) is 0 Å². The first-order chi connectivity index (χ1) is 22.3. The van der Waals surface area contributed by atoms with E-state index in [1.165, 1.54) is 0 Å².